The highest BCUT2D eigenvalue weighted by Crippen LogP contribution is 2.31. The molecule has 0 aliphatic rings. The zero-order valence-corrected chi connectivity index (χ0v) is 13.3. The van der Waals surface area contributed by atoms with E-state index in [4.69, 9.17) is 0 Å². The van der Waals surface area contributed by atoms with Crippen molar-refractivity contribution in [3.63, 3.8) is 0 Å². The van der Waals surface area contributed by atoms with Gasteiger partial charge in [0.05, 0.1) is 11.4 Å². The van der Waals surface area contributed by atoms with Crippen LogP contribution in [0.2, 0.25) is 0 Å². The Morgan fingerprint density at radius 2 is 1.28 bits per heavy atom. The number of aromatic hydroxyl groups is 2. The third-order valence-electron chi connectivity index (χ3n) is 3.37. The van der Waals surface area contributed by atoms with Crippen LogP contribution in [0.15, 0.2) is 99.3 Å². The second-order valence-electron chi connectivity index (χ2n) is 5.22. The van der Waals surface area contributed by atoms with Gasteiger partial charge in [0.15, 0.2) is 0 Å². The summed E-state index contributed by atoms with van der Waals surface area (Å²) < 4.78 is 0. The maximum Gasteiger partial charge on any atom is 0.210 e. The van der Waals surface area contributed by atoms with Gasteiger partial charge in [-0.2, -0.15) is 20.5 Å². The molecule has 3 aromatic rings. The van der Waals surface area contributed by atoms with Crippen molar-refractivity contribution < 1.29 is 10.2 Å². The van der Waals surface area contributed by atoms with E-state index in [1.54, 1.807) is 42.5 Å². The van der Waals surface area contributed by atoms with Gasteiger partial charge in [-0.1, -0.05) is 42.5 Å². The summed E-state index contributed by atoms with van der Waals surface area (Å²) in [7, 11) is 0. The maximum absolute atomic E-state index is 10.1. The van der Waals surface area contributed by atoms with Crippen LogP contribution in [0.1, 0.15) is 11.7 Å². The third-order valence-corrected chi connectivity index (χ3v) is 3.37. The fourth-order valence-corrected chi connectivity index (χ4v) is 2.15. The lowest BCUT2D eigenvalue weighted by atomic mass is 10.1. The lowest BCUT2D eigenvalue weighted by Crippen LogP contribution is -1.91. The van der Waals surface area contributed by atoms with Gasteiger partial charge >= 0.3 is 0 Å². The molecule has 6 nitrogen and oxygen atoms in total. The number of para-hydroxylation sites is 1. The topological polar surface area (TPSA) is 89.9 Å². The number of azo groups is 2. The Hall–Kier alpha value is -3.54. The number of phenols is 2. The van der Waals surface area contributed by atoms with Gasteiger partial charge in [-0.25, -0.2) is 0 Å². The zero-order valence-electron chi connectivity index (χ0n) is 13.3. The molecule has 124 valence electrons. The molecule has 0 radical (unpaired) electrons. The van der Waals surface area contributed by atoms with Crippen molar-refractivity contribution in [1.29, 1.82) is 0 Å². The van der Waals surface area contributed by atoms with E-state index in [0.29, 0.717) is 16.9 Å². The summed E-state index contributed by atoms with van der Waals surface area (Å²) >= 11 is 0. The third kappa shape index (κ3) is 4.48. The zero-order chi connectivity index (χ0) is 17.5. The van der Waals surface area contributed by atoms with Crippen LogP contribution in [0.3, 0.4) is 0 Å². The Balaban J connectivity index is 1.92. The predicted molar refractivity (Wildman–Crippen MR) is 94.4 cm³/mol. The Labute approximate surface area is 144 Å². The highest BCUT2D eigenvalue weighted by atomic mass is 16.3. The summed E-state index contributed by atoms with van der Waals surface area (Å²) in [6.07, 6.45) is -0.802. The van der Waals surface area contributed by atoms with E-state index in [1.165, 1.54) is 6.07 Å². The number of phenolic OH excluding ortho intramolecular Hbond substituents is 2. The average Bonchev–Trinajstić information content (AvgIpc) is 2.64. The van der Waals surface area contributed by atoms with Crippen LogP contribution in [-0.2, 0) is 0 Å². The molecule has 25 heavy (non-hydrogen) atoms. The van der Waals surface area contributed by atoms with Gasteiger partial charge in [-0.15, -0.1) is 0 Å². The minimum atomic E-state index is -0.802. The van der Waals surface area contributed by atoms with E-state index in [0.717, 1.165) is 0 Å². The van der Waals surface area contributed by atoms with E-state index < -0.39 is 6.17 Å². The molecule has 0 fully saturated rings. The molecule has 1 atom stereocenters. The number of benzene rings is 3. The molecule has 0 aliphatic carbocycles. The molecule has 0 saturated heterocycles. The monoisotopic (exact) mass is 332 g/mol. The fourth-order valence-electron chi connectivity index (χ4n) is 2.15. The molecule has 0 heterocycles. The molecule has 2 N–H and O–H groups in total. The van der Waals surface area contributed by atoms with E-state index in [9.17, 15) is 10.2 Å². The van der Waals surface area contributed by atoms with Crippen molar-refractivity contribution in [3.05, 3.63) is 84.4 Å². The van der Waals surface area contributed by atoms with E-state index in [-0.39, 0.29) is 11.5 Å². The lowest BCUT2D eigenvalue weighted by molar-refractivity contribution is 0.460. The maximum atomic E-state index is 10.1. The molecule has 3 aromatic carbocycles. The minimum Gasteiger partial charge on any atom is -0.508 e. The molecule has 0 aliphatic heterocycles. The predicted octanol–water partition coefficient (Wildman–Crippen LogP) is 5.66. The Morgan fingerprint density at radius 3 is 2.00 bits per heavy atom. The van der Waals surface area contributed by atoms with Crippen LogP contribution in [0.25, 0.3) is 0 Å². The molecule has 0 amide bonds. The summed E-state index contributed by atoms with van der Waals surface area (Å²) in [5.74, 6) is 0.163. The van der Waals surface area contributed by atoms with Crippen molar-refractivity contribution in [2.75, 3.05) is 0 Å². The summed E-state index contributed by atoms with van der Waals surface area (Å²) in [5.41, 5.74) is 1.65. The second-order valence-corrected chi connectivity index (χ2v) is 5.22. The average molecular weight is 332 g/mol. The number of rotatable bonds is 5. The smallest absolute Gasteiger partial charge is 0.210 e. The largest absolute Gasteiger partial charge is 0.508 e. The van der Waals surface area contributed by atoms with Gasteiger partial charge in [0.25, 0.3) is 0 Å². The summed E-state index contributed by atoms with van der Waals surface area (Å²) in [6, 6.07) is 22.4. The van der Waals surface area contributed by atoms with Gasteiger partial charge in [0.2, 0.25) is 6.17 Å². The van der Waals surface area contributed by atoms with Gasteiger partial charge in [-0.05, 0) is 30.3 Å². The molecule has 6 heteroatoms. The van der Waals surface area contributed by atoms with Gasteiger partial charge in [-0.3, -0.25) is 0 Å². The van der Waals surface area contributed by atoms with E-state index in [1.807, 2.05) is 30.3 Å². The standard InChI is InChI=1S/C19H16N4O2/c24-16-10-6-9-15(13-16)21-23-19(17-11-4-5-12-18(17)25)22-20-14-7-2-1-3-8-14/h1-13,19,24-25H. The molecular formula is C19H16N4O2. The van der Waals surface area contributed by atoms with Crippen molar-refractivity contribution in [1.82, 2.24) is 0 Å². The Bertz CT molecular complexity index is 895. The molecular weight excluding hydrogens is 316 g/mol. The van der Waals surface area contributed by atoms with E-state index in [2.05, 4.69) is 20.5 Å². The van der Waals surface area contributed by atoms with Gasteiger partial charge in [0.1, 0.15) is 11.5 Å². The summed E-state index contributed by atoms with van der Waals surface area (Å²) in [5, 5.41) is 36.2. The van der Waals surface area contributed by atoms with Gasteiger partial charge in [0, 0.05) is 11.6 Å². The molecule has 0 spiro atoms. The summed E-state index contributed by atoms with van der Waals surface area (Å²) in [4.78, 5) is 0. The number of nitrogens with zero attached hydrogens (tertiary/aromatic N) is 4. The first-order valence-electron chi connectivity index (χ1n) is 7.66. The van der Waals surface area contributed by atoms with E-state index >= 15 is 0 Å². The Morgan fingerprint density at radius 1 is 0.640 bits per heavy atom. The van der Waals surface area contributed by atoms with Crippen molar-refractivity contribution >= 4 is 11.4 Å². The van der Waals surface area contributed by atoms with Crippen LogP contribution in [0.5, 0.6) is 11.5 Å². The molecule has 0 aromatic heterocycles. The number of hydrogen-bond acceptors (Lipinski definition) is 6. The summed E-state index contributed by atoms with van der Waals surface area (Å²) in [6.45, 7) is 0. The molecule has 0 bridgehead atoms. The normalized spacial score (nSPS) is 12.6. The van der Waals surface area contributed by atoms with Crippen LogP contribution in [0, 0.1) is 0 Å². The first-order valence-corrected chi connectivity index (χ1v) is 7.66. The first-order chi connectivity index (χ1) is 12.2. The lowest BCUT2D eigenvalue weighted by Gasteiger charge is -2.07. The van der Waals surface area contributed by atoms with Crippen molar-refractivity contribution in [2.45, 2.75) is 6.17 Å². The van der Waals surface area contributed by atoms with Crippen molar-refractivity contribution in [3.8, 4) is 11.5 Å². The SMILES string of the molecule is Oc1cccc(N=NC(N=Nc2ccccc2)c2ccccc2O)c1. The van der Waals surface area contributed by atoms with Crippen LogP contribution >= 0.6 is 0 Å². The second kappa shape index (κ2) is 7.83. The number of hydrogen-bond donors (Lipinski definition) is 2. The van der Waals surface area contributed by atoms with Crippen LogP contribution in [0.4, 0.5) is 11.4 Å². The first kappa shape index (κ1) is 16.3. The highest BCUT2D eigenvalue weighted by Gasteiger charge is 2.13. The molecule has 1 unspecified atom stereocenters. The Kier molecular flexibility index (Phi) is 5.11. The van der Waals surface area contributed by atoms with Gasteiger partial charge < -0.3 is 10.2 Å². The molecule has 3 rings (SSSR count). The van der Waals surface area contributed by atoms with Crippen LogP contribution in [-0.4, -0.2) is 10.2 Å². The highest BCUT2D eigenvalue weighted by molar-refractivity contribution is 5.42. The molecule has 0 saturated carbocycles. The quantitative estimate of drug-likeness (QED) is 0.590. The van der Waals surface area contributed by atoms with Crippen LogP contribution < -0.4 is 0 Å². The minimum absolute atomic E-state index is 0.0642. The van der Waals surface area contributed by atoms with Crippen molar-refractivity contribution in [2.24, 2.45) is 20.5 Å². The fraction of sp³-hybridized carbons (Fsp3) is 0.0526.